The number of anilines is 1. The number of aromatic nitrogens is 2. The van der Waals surface area contributed by atoms with Gasteiger partial charge in [-0.25, -0.2) is 4.79 Å². The minimum absolute atomic E-state index is 0.263. The van der Waals surface area contributed by atoms with Crippen LogP contribution in [0.3, 0.4) is 0 Å². The van der Waals surface area contributed by atoms with Crippen molar-refractivity contribution in [3.63, 3.8) is 0 Å². The quantitative estimate of drug-likeness (QED) is 0.490. The summed E-state index contributed by atoms with van der Waals surface area (Å²) in [6, 6.07) is 12.3. The number of nitrogens with zero attached hydrogens (tertiary/aromatic N) is 2. The molecule has 2 heterocycles. The second-order valence-electron chi connectivity index (χ2n) is 6.66. The Morgan fingerprint density at radius 3 is 2.81 bits per heavy atom. The molecule has 0 aliphatic carbocycles. The molecule has 6 heteroatoms. The van der Waals surface area contributed by atoms with E-state index in [4.69, 9.17) is 0 Å². The van der Waals surface area contributed by atoms with Gasteiger partial charge in [0.15, 0.2) is 0 Å². The molecule has 1 amide bonds. The number of hydrogen-bond acceptors (Lipinski definition) is 3. The topological polar surface area (TPSA) is 81.2 Å². The zero-order chi connectivity index (χ0) is 19.1. The molecule has 3 rings (SSSR count). The largest absolute Gasteiger partial charge is 0.465 e. The molecule has 6 nitrogen and oxygen atoms in total. The first-order chi connectivity index (χ1) is 13.2. The molecule has 0 aliphatic heterocycles. The summed E-state index contributed by atoms with van der Waals surface area (Å²) in [7, 11) is 0. The predicted octanol–water partition coefficient (Wildman–Crippen LogP) is 4.40. The summed E-state index contributed by atoms with van der Waals surface area (Å²) >= 11 is 0. The second kappa shape index (κ2) is 9.07. The minimum atomic E-state index is -0.996. The molecule has 0 spiro atoms. The van der Waals surface area contributed by atoms with Crippen LogP contribution in [0.4, 0.5) is 10.5 Å². The number of fused-ring (bicyclic) bond motifs is 1. The molecular weight excluding hydrogens is 340 g/mol. The first-order valence-electron chi connectivity index (χ1n) is 9.39. The summed E-state index contributed by atoms with van der Waals surface area (Å²) in [6.07, 6.45) is 7.64. The van der Waals surface area contributed by atoms with E-state index in [0.29, 0.717) is 0 Å². The number of nitrogens with one attached hydrogen (secondary N) is 2. The van der Waals surface area contributed by atoms with Gasteiger partial charge in [0.1, 0.15) is 6.17 Å². The van der Waals surface area contributed by atoms with Crippen molar-refractivity contribution in [3.05, 3.63) is 60.6 Å². The van der Waals surface area contributed by atoms with Gasteiger partial charge in [0.2, 0.25) is 0 Å². The van der Waals surface area contributed by atoms with Crippen molar-refractivity contribution in [2.45, 2.75) is 38.8 Å². The number of carbonyl (C=O) groups is 1. The molecule has 0 fully saturated rings. The van der Waals surface area contributed by atoms with Crippen molar-refractivity contribution >= 4 is 22.7 Å². The summed E-state index contributed by atoms with van der Waals surface area (Å²) in [5.41, 5.74) is 3.39. The average Bonchev–Trinajstić information content (AvgIpc) is 3.13. The van der Waals surface area contributed by atoms with Crippen LogP contribution >= 0.6 is 0 Å². The minimum Gasteiger partial charge on any atom is -0.465 e. The molecule has 142 valence electrons. The molecule has 2 aromatic heterocycles. The molecule has 27 heavy (non-hydrogen) atoms. The zero-order valence-electron chi connectivity index (χ0n) is 15.6. The van der Waals surface area contributed by atoms with Crippen LogP contribution in [0, 0.1) is 0 Å². The van der Waals surface area contributed by atoms with E-state index in [1.165, 1.54) is 10.9 Å². The first-order valence-corrected chi connectivity index (χ1v) is 9.39. The summed E-state index contributed by atoms with van der Waals surface area (Å²) in [6.45, 7) is 2.88. The Morgan fingerprint density at radius 2 is 2.07 bits per heavy atom. The lowest BCUT2D eigenvalue weighted by Crippen LogP contribution is -2.48. The monoisotopic (exact) mass is 366 g/mol. The number of hydrogen-bond donors (Lipinski definition) is 3. The van der Waals surface area contributed by atoms with Crippen molar-refractivity contribution in [2.75, 3.05) is 11.4 Å². The predicted molar refractivity (Wildman–Crippen MR) is 108 cm³/mol. The third-order valence-corrected chi connectivity index (χ3v) is 4.69. The van der Waals surface area contributed by atoms with E-state index in [1.807, 2.05) is 18.3 Å². The van der Waals surface area contributed by atoms with Crippen LogP contribution in [0.15, 0.2) is 55.0 Å². The maximum absolute atomic E-state index is 11.3. The normalized spacial score (nSPS) is 12.0. The zero-order valence-corrected chi connectivity index (χ0v) is 15.6. The van der Waals surface area contributed by atoms with Crippen LogP contribution in [0.25, 0.3) is 10.9 Å². The molecule has 1 unspecified atom stereocenters. The lowest BCUT2D eigenvalue weighted by molar-refractivity contribution is 0.188. The van der Waals surface area contributed by atoms with E-state index in [-0.39, 0.29) is 6.17 Å². The second-order valence-corrected chi connectivity index (χ2v) is 6.66. The fraction of sp³-hybridized carbons (Fsp3) is 0.333. The van der Waals surface area contributed by atoms with Gasteiger partial charge in [0.05, 0.1) is 0 Å². The standard InChI is InChI=1S/C21H26N4O2/c1-2-14-25(18-9-11-22-12-10-18)20(24-21(26)27)5-3-4-16-6-7-19-17(15-16)8-13-23-19/h6-13,15,20,23-24H,2-5,14H2,1H3,(H,26,27). The number of benzene rings is 1. The fourth-order valence-corrected chi connectivity index (χ4v) is 3.45. The maximum Gasteiger partial charge on any atom is 0.406 e. The van der Waals surface area contributed by atoms with Gasteiger partial charge in [0, 0.05) is 36.3 Å². The number of carboxylic acid groups (broad SMARTS) is 1. The molecule has 0 bridgehead atoms. The molecule has 3 aromatic rings. The van der Waals surface area contributed by atoms with E-state index in [0.717, 1.165) is 43.4 Å². The number of aromatic amines is 1. The smallest absolute Gasteiger partial charge is 0.406 e. The first kappa shape index (κ1) is 18.8. The Kier molecular flexibility index (Phi) is 6.30. The highest BCUT2D eigenvalue weighted by atomic mass is 16.4. The Hall–Kier alpha value is -3.02. The summed E-state index contributed by atoms with van der Waals surface area (Å²) in [5, 5.41) is 13.2. The number of rotatable bonds is 9. The van der Waals surface area contributed by atoms with Crippen LogP contribution in [0.5, 0.6) is 0 Å². The van der Waals surface area contributed by atoms with Gasteiger partial charge in [-0.1, -0.05) is 13.0 Å². The van der Waals surface area contributed by atoms with Crippen LogP contribution in [0.1, 0.15) is 31.7 Å². The van der Waals surface area contributed by atoms with Gasteiger partial charge in [-0.2, -0.15) is 0 Å². The maximum atomic E-state index is 11.3. The Morgan fingerprint density at radius 1 is 1.26 bits per heavy atom. The van der Waals surface area contributed by atoms with Crippen molar-refractivity contribution in [3.8, 4) is 0 Å². The summed E-state index contributed by atoms with van der Waals surface area (Å²) in [4.78, 5) is 20.7. The molecule has 1 atom stereocenters. The van der Waals surface area contributed by atoms with Crippen molar-refractivity contribution in [1.29, 1.82) is 0 Å². The van der Waals surface area contributed by atoms with Crippen molar-refractivity contribution < 1.29 is 9.90 Å². The highest BCUT2D eigenvalue weighted by Crippen LogP contribution is 2.20. The van der Waals surface area contributed by atoms with E-state index >= 15 is 0 Å². The molecule has 0 aliphatic rings. The van der Waals surface area contributed by atoms with E-state index in [9.17, 15) is 9.90 Å². The number of H-pyrrole nitrogens is 1. The van der Waals surface area contributed by atoms with Crippen LogP contribution in [0.2, 0.25) is 0 Å². The summed E-state index contributed by atoms with van der Waals surface area (Å²) in [5.74, 6) is 0. The number of pyridine rings is 1. The van der Waals surface area contributed by atoms with Gasteiger partial charge in [-0.3, -0.25) is 4.98 Å². The van der Waals surface area contributed by atoms with Gasteiger partial charge in [-0.05, 0) is 67.0 Å². The number of aryl methyl sites for hydroxylation is 1. The van der Waals surface area contributed by atoms with Crippen LogP contribution in [-0.4, -0.2) is 33.9 Å². The third kappa shape index (κ3) is 5.00. The number of amides is 1. The van der Waals surface area contributed by atoms with Crippen LogP contribution < -0.4 is 10.2 Å². The lowest BCUT2D eigenvalue weighted by Gasteiger charge is -2.33. The van der Waals surface area contributed by atoms with E-state index < -0.39 is 6.09 Å². The molecule has 0 radical (unpaired) electrons. The summed E-state index contributed by atoms with van der Waals surface area (Å²) < 4.78 is 0. The average molecular weight is 366 g/mol. The molecule has 3 N–H and O–H groups in total. The highest BCUT2D eigenvalue weighted by molar-refractivity contribution is 5.79. The van der Waals surface area contributed by atoms with Crippen molar-refractivity contribution in [1.82, 2.24) is 15.3 Å². The lowest BCUT2D eigenvalue weighted by atomic mass is 10.0. The van der Waals surface area contributed by atoms with Gasteiger partial charge in [0.25, 0.3) is 0 Å². The van der Waals surface area contributed by atoms with E-state index in [2.05, 4.69) is 51.4 Å². The van der Waals surface area contributed by atoms with Gasteiger partial charge < -0.3 is 20.3 Å². The molecule has 1 aromatic carbocycles. The molecular formula is C21H26N4O2. The molecule has 0 saturated carbocycles. The third-order valence-electron chi connectivity index (χ3n) is 4.69. The Balaban J connectivity index is 1.68. The fourth-order valence-electron chi connectivity index (χ4n) is 3.45. The Bertz CT molecular complexity index is 863. The molecule has 0 saturated heterocycles. The highest BCUT2D eigenvalue weighted by Gasteiger charge is 2.20. The van der Waals surface area contributed by atoms with Gasteiger partial charge >= 0.3 is 6.09 Å². The SMILES string of the molecule is CCCN(c1ccncc1)C(CCCc1ccc2[nH]ccc2c1)NC(=O)O. The van der Waals surface area contributed by atoms with E-state index in [1.54, 1.807) is 12.4 Å². The Labute approximate surface area is 159 Å². The van der Waals surface area contributed by atoms with Crippen LogP contribution in [-0.2, 0) is 6.42 Å². The van der Waals surface area contributed by atoms with Gasteiger partial charge in [-0.15, -0.1) is 0 Å². The van der Waals surface area contributed by atoms with Crippen molar-refractivity contribution in [2.24, 2.45) is 0 Å².